The van der Waals surface area contributed by atoms with Crippen molar-refractivity contribution in [3.63, 3.8) is 0 Å². The SMILES string of the molecule is CCCCCCc1ccc(C(=O)C(CC)CC)cc1. The average Bonchev–Trinajstić information content (AvgIpc) is 2.45. The largest absolute Gasteiger partial charge is 0.294 e. The molecule has 0 unspecified atom stereocenters. The van der Waals surface area contributed by atoms with E-state index < -0.39 is 0 Å². The highest BCUT2D eigenvalue weighted by Crippen LogP contribution is 2.17. The van der Waals surface area contributed by atoms with Crippen LogP contribution in [0.4, 0.5) is 0 Å². The molecule has 1 aromatic carbocycles. The van der Waals surface area contributed by atoms with Crippen LogP contribution in [0, 0.1) is 5.92 Å². The Labute approximate surface area is 118 Å². The molecule has 0 bridgehead atoms. The number of aryl methyl sites for hydroxylation is 1. The standard InChI is InChI=1S/C18H28O/c1-4-7-8-9-10-15-11-13-17(14-12-15)18(19)16(5-2)6-3/h11-14,16H,4-10H2,1-3H3. The number of benzene rings is 1. The van der Waals surface area contributed by atoms with Crippen LogP contribution in [0.5, 0.6) is 0 Å². The number of carbonyl (C=O) groups is 1. The van der Waals surface area contributed by atoms with Gasteiger partial charge in [0.1, 0.15) is 0 Å². The molecule has 0 aromatic heterocycles. The van der Waals surface area contributed by atoms with Crippen LogP contribution in [0.2, 0.25) is 0 Å². The number of rotatable bonds is 9. The molecule has 106 valence electrons. The highest BCUT2D eigenvalue weighted by molar-refractivity contribution is 5.97. The third-order valence-electron chi connectivity index (χ3n) is 3.91. The van der Waals surface area contributed by atoms with Crippen molar-refractivity contribution in [2.45, 2.75) is 65.7 Å². The summed E-state index contributed by atoms with van der Waals surface area (Å²) in [6, 6.07) is 8.27. The van der Waals surface area contributed by atoms with Gasteiger partial charge in [-0.25, -0.2) is 0 Å². The quantitative estimate of drug-likeness (QED) is 0.427. The van der Waals surface area contributed by atoms with Crippen molar-refractivity contribution in [1.29, 1.82) is 0 Å². The van der Waals surface area contributed by atoms with Crippen LogP contribution in [0.25, 0.3) is 0 Å². The van der Waals surface area contributed by atoms with Gasteiger partial charge in [0.05, 0.1) is 0 Å². The highest BCUT2D eigenvalue weighted by Gasteiger charge is 2.15. The van der Waals surface area contributed by atoms with Gasteiger partial charge in [0, 0.05) is 11.5 Å². The molecule has 0 fully saturated rings. The Bertz CT molecular complexity index is 360. The van der Waals surface area contributed by atoms with Crippen molar-refractivity contribution in [2.24, 2.45) is 5.92 Å². The molecule has 0 saturated heterocycles. The summed E-state index contributed by atoms with van der Waals surface area (Å²) in [4.78, 5) is 12.2. The first-order valence-corrected chi connectivity index (χ1v) is 7.86. The van der Waals surface area contributed by atoms with Crippen LogP contribution < -0.4 is 0 Å². The van der Waals surface area contributed by atoms with E-state index in [0.717, 1.165) is 24.8 Å². The first-order chi connectivity index (χ1) is 9.22. The number of ketones is 1. The molecule has 0 N–H and O–H groups in total. The number of unbranched alkanes of at least 4 members (excludes halogenated alkanes) is 3. The van der Waals surface area contributed by atoms with E-state index in [0.29, 0.717) is 5.78 Å². The zero-order chi connectivity index (χ0) is 14.1. The predicted octanol–water partition coefficient (Wildman–Crippen LogP) is 5.43. The Balaban J connectivity index is 2.53. The maximum atomic E-state index is 12.2. The molecule has 0 aliphatic carbocycles. The summed E-state index contributed by atoms with van der Waals surface area (Å²) in [5.41, 5.74) is 2.24. The third-order valence-corrected chi connectivity index (χ3v) is 3.91. The maximum absolute atomic E-state index is 12.2. The molecule has 1 rings (SSSR count). The fourth-order valence-electron chi connectivity index (χ4n) is 2.49. The minimum Gasteiger partial charge on any atom is -0.294 e. The van der Waals surface area contributed by atoms with Gasteiger partial charge in [0.25, 0.3) is 0 Å². The van der Waals surface area contributed by atoms with Gasteiger partial charge in [-0.15, -0.1) is 0 Å². The number of carbonyl (C=O) groups excluding carboxylic acids is 1. The van der Waals surface area contributed by atoms with E-state index in [9.17, 15) is 4.79 Å². The summed E-state index contributed by atoms with van der Waals surface area (Å²) in [6.45, 7) is 6.42. The molecular weight excluding hydrogens is 232 g/mol. The zero-order valence-corrected chi connectivity index (χ0v) is 12.7. The highest BCUT2D eigenvalue weighted by atomic mass is 16.1. The van der Waals surface area contributed by atoms with Crippen LogP contribution in [0.1, 0.15) is 75.2 Å². The summed E-state index contributed by atoms with van der Waals surface area (Å²) in [6.07, 6.45) is 8.19. The summed E-state index contributed by atoms with van der Waals surface area (Å²) in [7, 11) is 0. The fraction of sp³-hybridized carbons (Fsp3) is 0.611. The van der Waals surface area contributed by atoms with Crippen molar-refractivity contribution in [1.82, 2.24) is 0 Å². The van der Waals surface area contributed by atoms with E-state index in [-0.39, 0.29) is 5.92 Å². The van der Waals surface area contributed by atoms with Crippen LogP contribution in [-0.2, 0) is 6.42 Å². The molecule has 0 atom stereocenters. The molecule has 1 nitrogen and oxygen atoms in total. The monoisotopic (exact) mass is 260 g/mol. The second kappa shape index (κ2) is 8.90. The number of hydrogen-bond acceptors (Lipinski definition) is 1. The minimum atomic E-state index is 0.190. The van der Waals surface area contributed by atoms with E-state index in [1.165, 1.54) is 31.2 Å². The van der Waals surface area contributed by atoms with Gasteiger partial charge in [0.15, 0.2) is 5.78 Å². The number of hydrogen-bond donors (Lipinski definition) is 0. The molecule has 0 radical (unpaired) electrons. The van der Waals surface area contributed by atoms with Crippen molar-refractivity contribution in [3.05, 3.63) is 35.4 Å². The summed E-state index contributed by atoms with van der Waals surface area (Å²) in [5, 5.41) is 0. The van der Waals surface area contributed by atoms with Gasteiger partial charge in [-0.1, -0.05) is 64.3 Å². The van der Waals surface area contributed by atoms with Gasteiger partial charge in [-0.2, -0.15) is 0 Å². The maximum Gasteiger partial charge on any atom is 0.165 e. The van der Waals surface area contributed by atoms with Crippen LogP contribution in [0.3, 0.4) is 0 Å². The second-order valence-electron chi connectivity index (χ2n) is 5.39. The number of Topliss-reactive ketones (excluding diaryl/α,β-unsaturated/α-hetero) is 1. The van der Waals surface area contributed by atoms with E-state index in [4.69, 9.17) is 0 Å². The molecule has 19 heavy (non-hydrogen) atoms. The smallest absolute Gasteiger partial charge is 0.165 e. The van der Waals surface area contributed by atoms with E-state index >= 15 is 0 Å². The zero-order valence-electron chi connectivity index (χ0n) is 12.7. The van der Waals surface area contributed by atoms with Crippen LogP contribution in [0.15, 0.2) is 24.3 Å². The third kappa shape index (κ3) is 5.18. The van der Waals surface area contributed by atoms with Crippen molar-refractivity contribution in [2.75, 3.05) is 0 Å². The lowest BCUT2D eigenvalue weighted by molar-refractivity contribution is 0.0913. The molecule has 0 spiro atoms. The summed E-state index contributed by atoms with van der Waals surface area (Å²) >= 11 is 0. The summed E-state index contributed by atoms with van der Waals surface area (Å²) in [5.74, 6) is 0.498. The lowest BCUT2D eigenvalue weighted by Crippen LogP contribution is -2.12. The Morgan fingerprint density at radius 2 is 1.58 bits per heavy atom. The Hall–Kier alpha value is -1.11. The van der Waals surface area contributed by atoms with Crippen molar-refractivity contribution >= 4 is 5.78 Å². The average molecular weight is 260 g/mol. The lowest BCUT2D eigenvalue weighted by atomic mass is 9.92. The van der Waals surface area contributed by atoms with Crippen LogP contribution in [-0.4, -0.2) is 5.78 Å². The molecule has 0 aliphatic rings. The van der Waals surface area contributed by atoms with Crippen molar-refractivity contribution in [3.8, 4) is 0 Å². The van der Waals surface area contributed by atoms with E-state index in [1.807, 2.05) is 12.1 Å². The van der Waals surface area contributed by atoms with Gasteiger partial charge >= 0.3 is 0 Å². The van der Waals surface area contributed by atoms with Gasteiger partial charge < -0.3 is 0 Å². The topological polar surface area (TPSA) is 17.1 Å². The predicted molar refractivity (Wildman–Crippen MR) is 82.7 cm³/mol. The molecule has 1 heteroatoms. The first-order valence-electron chi connectivity index (χ1n) is 7.86. The van der Waals surface area contributed by atoms with Gasteiger partial charge in [-0.3, -0.25) is 4.79 Å². The van der Waals surface area contributed by atoms with Crippen LogP contribution >= 0.6 is 0 Å². The normalized spacial score (nSPS) is 10.9. The molecule has 1 aromatic rings. The Morgan fingerprint density at radius 3 is 2.11 bits per heavy atom. The molecular formula is C18H28O. The Morgan fingerprint density at radius 1 is 0.947 bits per heavy atom. The van der Waals surface area contributed by atoms with E-state index in [1.54, 1.807) is 0 Å². The molecule has 0 heterocycles. The summed E-state index contributed by atoms with van der Waals surface area (Å²) < 4.78 is 0. The Kier molecular flexibility index (Phi) is 7.47. The first kappa shape index (κ1) is 15.9. The molecule has 0 amide bonds. The lowest BCUT2D eigenvalue weighted by Gasteiger charge is -2.11. The van der Waals surface area contributed by atoms with E-state index in [2.05, 4.69) is 32.9 Å². The molecule has 0 saturated carbocycles. The van der Waals surface area contributed by atoms with Crippen molar-refractivity contribution < 1.29 is 4.79 Å². The minimum absolute atomic E-state index is 0.190. The fourth-order valence-corrected chi connectivity index (χ4v) is 2.49. The molecule has 0 aliphatic heterocycles. The second-order valence-corrected chi connectivity index (χ2v) is 5.39. The van der Waals surface area contributed by atoms with Gasteiger partial charge in [-0.05, 0) is 31.2 Å². The van der Waals surface area contributed by atoms with Gasteiger partial charge in [0.2, 0.25) is 0 Å².